The molecule has 0 atom stereocenters. The average Bonchev–Trinajstić information content (AvgIpc) is 2.53. The van der Waals surface area contributed by atoms with Crippen molar-refractivity contribution in [2.75, 3.05) is 0 Å². The molecule has 6 nitrogen and oxygen atoms in total. The Bertz CT molecular complexity index is 756. The number of amides is 1. The summed E-state index contributed by atoms with van der Waals surface area (Å²) in [5.41, 5.74) is 1.99. The summed E-state index contributed by atoms with van der Waals surface area (Å²) in [6, 6.07) is 13.3. The molecule has 1 amide bonds. The third-order valence-electron chi connectivity index (χ3n) is 2.61. The van der Waals surface area contributed by atoms with Crippen molar-refractivity contribution in [3.63, 3.8) is 0 Å². The molecular formula is C14H11NO5S. The maximum absolute atomic E-state index is 11.8. The summed E-state index contributed by atoms with van der Waals surface area (Å²) in [6.07, 6.45) is 0.501. The van der Waals surface area contributed by atoms with Gasteiger partial charge >= 0.3 is 10.1 Å². The van der Waals surface area contributed by atoms with E-state index >= 15 is 0 Å². The molecule has 0 unspecified atom stereocenters. The maximum atomic E-state index is 11.8. The average molecular weight is 305 g/mol. The van der Waals surface area contributed by atoms with Crippen LogP contribution in [0, 0.1) is 0 Å². The second kappa shape index (κ2) is 6.29. The number of rotatable bonds is 5. The van der Waals surface area contributed by atoms with E-state index in [1.807, 2.05) is 5.48 Å². The number of nitrogens with one attached hydrogen (secondary N) is 1. The van der Waals surface area contributed by atoms with Crippen molar-refractivity contribution in [1.29, 1.82) is 0 Å². The van der Waals surface area contributed by atoms with Crippen LogP contribution in [0.1, 0.15) is 20.7 Å². The van der Waals surface area contributed by atoms with Gasteiger partial charge in [-0.2, -0.15) is 8.42 Å². The largest absolute Gasteiger partial charge is 0.317 e. The van der Waals surface area contributed by atoms with Crippen molar-refractivity contribution < 1.29 is 22.3 Å². The minimum absolute atomic E-state index is 0.0239. The van der Waals surface area contributed by atoms with Crippen molar-refractivity contribution in [3.8, 4) is 0 Å². The molecule has 21 heavy (non-hydrogen) atoms. The molecular weight excluding hydrogens is 294 g/mol. The third-order valence-corrected chi connectivity index (χ3v) is 3.76. The van der Waals surface area contributed by atoms with Crippen LogP contribution in [0.15, 0.2) is 59.5 Å². The van der Waals surface area contributed by atoms with Gasteiger partial charge in [-0.05, 0) is 18.2 Å². The second-order valence-corrected chi connectivity index (χ2v) is 5.53. The van der Waals surface area contributed by atoms with Gasteiger partial charge in [-0.1, -0.05) is 36.4 Å². The summed E-state index contributed by atoms with van der Waals surface area (Å²) in [4.78, 5) is 22.6. The Labute approximate surface area is 121 Å². The molecule has 0 saturated heterocycles. The summed E-state index contributed by atoms with van der Waals surface area (Å²) in [6.45, 7) is 0. The van der Waals surface area contributed by atoms with Crippen molar-refractivity contribution in [2.24, 2.45) is 0 Å². The number of hydrogen-bond donors (Lipinski definition) is 1. The van der Waals surface area contributed by atoms with Gasteiger partial charge in [0.05, 0.1) is 10.5 Å². The van der Waals surface area contributed by atoms with Crippen LogP contribution in [0.2, 0.25) is 0 Å². The smallest absolute Gasteiger partial charge is 0.298 e. The lowest BCUT2D eigenvalue weighted by molar-refractivity contribution is 0.0768. The Hall–Kier alpha value is -2.51. The fraction of sp³-hybridized carbons (Fsp3) is 0. The van der Waals surface area contributed by atoms with Crippen LogP contribution >= 0.6 is 0 Å². The van der Waals surface area contributed by atoms with Crippen molar-refractivity contribution in [1.82, 2.24) is 5.48 Å². The second-order valence-electron chi connectivity index (χ2n) is 3.99. The monoisotopic (exact) mass is 305 g/mol. The predicted molar refractivity (Wildman–Crippen MR) is 74.0 cm³/mol. The number of hydroxylamine groups is 1. The van der Waals surface area contributed by atoms with Crippen molar-refractivity contribution in [2.45, 2.75) is 4.90 Å². The molecule has 0 aliphatic carbocycles. The van der Waals surface area contributed by atoms with Crippen LogP contribution in [0.3, 0.4) is 0 Å². The Morgan fingerprint density at radius 2 is 1.62 bits per heavy atom. The fourth-order valence-electron chi connectivity index (χ4n) is 1.59. The van der Waals surface area contributed by atoms with Crippen LogP contribution in [0.4, 0.5) is 0 Å². The van der Waals surface area contributed by atoms with Crippen LogP contribution in [0.5, 0.6) is 0 Å². The summed E-state index contributed by atoms with van der Waals surface area (Å²) in [7, 11) is -4.10. The first kappa shape index (κ1) is 14.9. The molecule has 0 aliphatic rings. The van der Waals surface area contributed by atoms with Gasteiger partial charge in [0.15, 0.2) is 6.29 Å². The van der Waals surface area contributed by atoms with Gasteiger partial charge in [0.1, 0.15) is 0 Å². The molecule has 2 aromatic carbocycles. The molecule has 0 aliphatic heterocycles. The predicted octanol–water partition coefficient (Wildman–Crippen LogP) is 1.55. The standard InChI is InChI=1S/C14H11NO5S/c16-10-11-6-4-5-9-13(11)14(17)15-20-21(18,19)12-7-2-1-3-8-12/h1-10H,(H,15,17). The lowest BCUT2D eigenvalue weighted by Gasteiger charge is -2.07. The Morgan fingerprint density at radius 1 is 1.00 bits per heavy atom. The number of carbonyl (C=O) groups excluding carboxylic acids is 2. The van der Waals surface area contributed by atoms with E-state index in [2.05, 4.69) is 4.28 Å². The van der Waals surface area contributed by atoms with E-state index in [0.717, 1.165) is 0 Å². The SMILES string of the molecule is O=Cc1ccccc1C(=O)NOS(=O)(=O)c1ccccc1. The van der Waals surface area contributed by atoms with Crippen LogP contribution in [0.25, 0.3) is 0 Å². The summed E-state index contributed by atoms with van der Waals surface area (Å²) in [5.74, 6) is -0.822. The van der Waals surface area contributed by atoms with Gasteiger partial charge in [-0.25, -0.2) is 5.48 Å². The minimum Gasteiger partial charge on any atom is -0.298 e. The molecule has 0 fully saturated rings. The number of benzene rings is 2. The molecule has 108 valence electrons. The van der Waals surface area contributed by atoms with Gasteiger partial charge in [0.25, 0.3) is 5.91 Å². The fourth-order valence-corrected chi connectivity index (χ4v) is 2.36. The highest BCUT2D eigenvalue weighted by Gasteiger charge is 2.18. The third kappa shape index (κ3) is 3.53. The molecule has 0 radical (unpaired) electrons. The summed E-state index contributed by atoms with van der Waals surface area (Å²) < 4.78 is 28.1. The molecule has 2 rings (SSSR count). The lowest BCUT2D eigenvalue weighted by Crippen LogP contribution is -2.28. The summed E-state index contributed by atoms with van der Waals surface area (Å²) >= 11 is 0. The molecule has 0 bridgehead atoms. The first-order chi connectivity index (χ1) is 10.0. The van der Waals surface area contributed by atoms with E-state index < -0.39 is 16.0 Å². The van der Waals surface area contributed by atoms with Gasteiger partial charge in [0.2, 0.25) is 0 Å². The highest BCUT2D eigenvalue weighted by atomic mass is 32.2. The highest BCUT2D eigenvalue weighted by molar-refractivity contribution is 7.86. The number of hydrogen-bond acceptors (Lipinski definition) is 5. The van der Waals surface area contributed by atoms with Gasteiger partial charge < -0.3 is 0 Å². The molecule has 0 spiro atoms. The topological polar surface area (TPSA) is 89.5 Å². The van der Waals surface area contributed by atoms with Crippen LogP contribution in [-0.2, 0) is 14.4 Å². The zero-order valence-corrected chi connectivity index (χ0v) is 11.5. The first-order valence-corrected chi connectivity index (χ1v) is 7.28. The molecule has 0 aromatic heterocycles. The first-order valence-electron chi connectivity index (χ1n) is 5.87. The molecule has 0 heterocycles. The summed E-state index contributed by atoms with van der Waals surface area (Å²) in [5, 5.41) is 0. The van der Waals surface area contributed by atoms with Gasteiger partial charge in [0, 0.05) is 5.56 Å². The number of aldehydes is 1. The van der Waals surface area contributed by atoms with Gasteiger partial charge in [-0.3, -0.25) is 9.59 Å². The molecule has 2 aromatic rings. The minimum atomic E-state index is -4.10. The van der Waals surface area contributed by atoms with E-state index in [4.69, 9.17) is 0 Å². The van der Waals surface area contributed by atoms with E-state index in [9.17, 15) is 18.0 Å². The Morgan fingerprint density at radius 3 is 2.29 bits per heavy atom. The number of carbonyl (C=O) groups is 2. The van der Waals surface area contributed by atoms with E-state index in [-0.39, 0.29) is 16.0 Å². The lowest BCUT2D eigenvalue weighted by atomic mass is 10.1. The quantitative estimate of drug-likeness (QED) is 0.668. The van der Waals surface area contributed by atoms with Crippen LogP contribution in [-0.4, -0.2) is 20.6 Å². The Balaban J connectivity index is 2.13. The van der Waals surface area contributed by atoms with E-state index in [1.165, 1.54) is 36.4 Å². The van der Waals surface area contributed by atoms with Crippen LogP contribution < -0.4 is 5.48 Å². The van der Waals surface area contributed by atoms with Crippen molar-refractivity contribution in [3.05, 3.63) is 65.7 Å². The zero-order valence-electron chi connectivity index (χ0n) is 10.7. The van der Waals surface area contributed by atoms with E-state index in [1.54, 1.807) is 18.2 Å². The molecule has 1 N–H and O–H groups in total. The molecule has 7 heteroatoms. The maximum Gasteiger partial charge on any atom is 0.317 e. The zero-order chi connectivity index (χ0) is 15.3. The highest BCUT2D eigenvalue weighted by Crippen LogP contribution is 2.11. The van der Waals surface area contributed by atoms with Gasteiger partial charge in [-0.15, -0.1) is 4.28 Å². The van der Waals surface area contributed by atoms with Crippen molar-refractivity contribution >= 4 is 22.3 Å². The Kier molecular flexibility index (Phi) is 4.46. The molecule has 0 saturated carbocycles. The van der Waals surface area contributed by atoms with E-state index in [0.29, 0.717) is 6.29 Å². The normalized spacial score (nSPS) is 10.9.